The summed E-state index contributed by atoms with van der Waals surface area (Å²) in [5, 5.41) is 2.08. The first kappa shape index (κ1) is 18.9. The number of piperazine rings is 1. The van der Waals surface area contributed by atoms with Gasteiger partial charge in [0.1, 0.15) is 6.04 Å². The summed E-state index contributed by atoms with van der Waals surface area (Å²) < 4.78 is 0. The van der Waals surface area contributed by atoms with Gasteiger partial charge in [0, 0.05) is 22.4 Å². The van der Waals surface area contributed by atoms with Gasteiger partial charge in [-0.1, -0.05) is 66.7 Å². The van der Waals surface area contributed by atoms with Crippen LogP contribution in [0.2, 0.25) is 0 Å². The molecule has 0 aliphatic carbocycles. The van der Waals surface area contributed by atoms with E-state index in [0.717, 1.165) is 32.6 Å². The molecule has 1 amide bonds. The zero-order valence-electron chi connectivity index (χ0n) is 16.1. The number of amides is 1. The van der Waals surface area contributed by atoms with E-state index in [2.05, 4.69) is 83.1 Å². The Balaban J connectivity index is 1.41. The van der Waals surface area contributed by atoms with E-state index in [9.17, 15) is 4.79 Å². The van der Waals surface area contributed by atoms with Crippen LogP contribution >= 0.6 is 11.3 Å². The number of thiophene rings is 1. The smallest absolute Gasteiger partial charge is 0.223 e. The van der Waals surface area contributed by atoms with Crippen LogP contribution in [0, 0.1) is 0 Å². The highest BCUT2D eigenvalue weighted by Crippen LogP contribution is 2.19. The fourth-order valence-corrected chi connectivity index (χ4v) is 4.84. The molecule has 0 radical (unpaired) electrons. The largest absolute Gasteiger partial charge is 0.331 e. The van der Waals surface area contributed by atoms with Crippen molar-refractivity contribution in [2.24, 2.45) is 0 Å². The zero-order chi connectivity index (χ0) is 19.2. The molecule has 1 aliphatic rings. The lowest BCUT2D eigenvalue weighted by molar-refractivity contribution is -0.929. The lowest BCUT2D eigenvalue weighted by Crippen LogP contribution is -3.15. The first-order chi connectivity index (χ1) is 13.8. The third kappa shape index (κ3) is 4.51. The average Bonchev–Trinajstić information content (AvgIpc) is 3.28. The van der Waals surface area contributed by atoms with Crippen molar-refractivity contribution in [3.8, 4) is 0 Å². The van der Waals surface area contributed by atoms with E-state index in [0.29, 0.717) is 18.4 Å². The lowest BCUT2D eigenvalue weighted by Gasteiger charge is -2.37. The highest BCUT2D eigenvalue weighted by molar-refractivity contribution is 7.09. The molecule has 28 heavy (non-hydrogen) atoms. The summed E-state index contributed by atoms with van der Waals surface area (Å²) in [4.78, 5) is 17.5. The second-order valence-electron chi connectivity index (χ2n) is 7.37. The Bertz CT molecular complexity index is 817. The number of rotatable bonds is 6. The van der Waals surface area contributed by atoms with E-state index in [1.807, 2.05) is 0 Å². The van der Waals surface area contributed by atoms with Gasteiger partial charge in [0.05, 0.1) is 26.2 Å². The van der Waals surface area contributed by atoms with Crippen molar-refractivity contribution < 1.29 is 9.69 Å². The Labute approximate surface area is 171 Å². The number of benzene rings is 2. The van der Waals surface area contributed by atoms with E-state index in [1.165, 1.54) is 16.0 Å². The average molecular weight is 392 g/mol. The van der Waals surface area contributed by atoms with Gasteiger partial charge in [-0.2, -0.15) is 0 Å². The maximum atomic E-state index is 12.6. The molecule has 4 rings (SSSR count). The molecule has 3 nitrogen and oxygen atoms in total. The molecule has 0 unspecified atom stereocenters. The summed E-state index contributed by atoms with van der Waals surface area (Å²) >= 11 is 1.74. The number of nitrogens with one attached hydrogen (secondary N) is 1. The summed E-state index contributed by atoms with van der Waals surface area (Å²) in [6, 6.07) is 26.0. The number of carbonyl (C=O) groups excluding carboxylic acids is 1. The molecule has 0 bridgehead atoms. The standard InChI is InChI=1S/C24H26N2OS/c27-23(14-13-22-12-7-19-28-22)25-15-17-26(18-16-25)24(20-8-3-1-4-9-20)21-10-5-2-6-11-21/h1-12,19,24H,13-18H2/p+1. The minimum Gasteiger partial charge on any atom is -0.331 e. The minimum atomic E-state index is 0.295. The van der Waals surface area contributed by atoms with Crippen LogP contribution in [0.3, 0.4) is 0 Å². The molecule has 2 aromatic carbocycles. The molecule has 1 saturated heterocycles. The predicted octanol–water partition coefficient (Wildman–Crippen LogP) is 3.20. The van der Waals surface area contributed by atoms with Crippen LogP contribution in [0.5, 0.6) is 0 Å². The van der Waals surface area contributed by atoms with Gasteiger partial charge in [-0.05, 0) is 17.9 Å². The SMILES string of the molecule is O=C(CCc1cccs1)N1CC[NH+](C(c2ccccc2)c2ccccc2)CC1. The first-order valence-electron chi connectivity index (χ1n) is 10.1. The zero-order valence-corrected chi connectivity index (χ0v) is 16.9. The Hall–Kier alpha value is -2.43. The fraction of sp³-hybridized carbons (Fsp3) is 0.292. The maximum Gasteiger partial charge on any atom is 0.223 e. The second kappa shape index (κ2) is 9.18. The van der Waals surface area contributed by atoms with Crippen LogP contribution in [0.1, 0.15) is 28.5 Å². The summed E-state index contributed by atoms with van der Waals surface area (Å²) in [7, 11) is 0. The molecule has 1 N–H and O–H groups in total. The van der Waals surface area contributed by atoms with Crippen LogP contribution in [-0.2, 0) is 11.2 Å². The van der Waals surface area contributed by atoms with Crippen molar-refractivity contribution in [1.29, 1.82) is 0 Å². The number of carbonyl (C=O) groups is 1. The monoisotopic (exact) mass is 391 g/mol. The Morgan fingerprint density at radius 2 is 1.50 bits per heavy atom. The highest BCUT2D eigenvalue weighted by atomic mass is 32.1. The normalized spacial score (nSPS) is 15.1. The van der Waals surface area contributed by atoms with Crippen molar-refractivity contribution in [2.75, 3.05) is 26.2 Å². The topological polar surface area (TPSA) is 24.8 Å². The van der Waals surface area contributed by atoms with E-state index in [-0.39, 0.29) is 0 Å². The number of quaternary nitrogens is 1. The number of hydrogen-bond donors (Lipinski definition) is 1. The van der Waals surface area contributed by atoms with Gasteiger partial charge >= 0.3 is 0 Å². The summed E-state index contributed by atoms with van der Waals surface area (Å²) in [5.74, 6) is 0.295. The van der Waals surface area contributed by atoms with Gasteiger partial charge in [-0.3, -0.25) is 4.79 Å². The minimum absolute atomic E-state index is 0.295. The Morgan fingerprint density at radius 3 is 2.04 bits per heavy atom. The van der Waals surface area contributed by atoms with Crippen molar-refractivity contribution in [3.63, 3.8) is 0 Å². The van der Waals surface area contributed by atoms with E-state index in [1.54, 1.807) is 16.2 Å². The van der Waals surface area contributed by atoms with Crippen molar-refractivity contribution in [1.82, 2.24) is 4.90 Å². The summed E-state index contributed by atoms with van der Waals surface area (Å²) in [6.45, 7) is 3.65. The number of hydrogen-bond acceptors (Lipinski definition) is 2. The van der Waals surface area contributed by atoms with Crippen LogP contribution in [0.25, 0.3) is 0 Å². The highest BCUT2D eigenvalue weighted by Gasteiger charge is 2.31. The quantitative estimate of drug-likeness (QED) is 0.686. The third-order valence-corrected chi connectivity index (χ3v) is 6.53. The molecule has 0 spiro atoms. The number of aryl methyl sites for hydroxylation is 1. The Kier molecular flexibility index (Phi) is 6.20. The molecule has 1 aromatic heterocycles. The molecule has 3 aromatic rings. The number of nitrogens with zero attached hydrogens (tertiary/aromatic N) is 1. The molecule has 0 saturated carbocycles. The molecular weight excluding hydrogens is 364 g/mol. The van der Waals surface area contributed by atoms with Gasteiger partial charge in [0.2, 0.25) is 5.91 Å². The van der Waals surface area contributed by atoms with Crippen LogP contribution < -0.4 is 4.90 Å². The van der Waals surface area contributed by atoms with Gasteiger partial charge in [-0.25, -0.2) is 0 Å². The van der Waals surface area contributed by atoms with Crippen LogP contribution in [0.4, 0.5) is 0 Å². The molecule has 0 atom stereocenters. The van der Waals surface area contributed by atoms with Crippen LogP contribution in [0.15, 0.2) is 78.2 Å². The summed E-state index contributed by atoms with van der Waals surface area (Å²) in [6.07, 6.45) is 1.48. The fourth-order valence-electron chi connectivity index (χ4n) is 4.13. The van der Waals surface area contributed by atoms with E-state index >= 15 is 0 Å². The van der Waals surface area contributed by atoms with Crippen molar-refractivity contribution in [3.05, 3.63) is 94.2 Å². The molecular formula is C24H27N2OS+. The summed E-state index contributed by atoms with van der Waals surface area (Å²) in [5.41, 5.74) is 2.70. The molecule has 1 fully saturated rings. The second-order valence-corrected chi connectivity index (χ2v) is 8.41. The van der Waals surface area contributed by atoms with Gasteiger partial charge in [0.15, 0.2) is 0 Å². The third-order valence-electron chi connectivity index (χ3n) is 5.60. The van der Waals surface area contributed by atoms with Gasteiger partial charge in [-0.15, -0.1) is 11.3 Å². The van der Waals surface area contributed by atoms with E-state index < -0.39 is 0 Å². The molecule has 4 heteroatoms. The van der Waals surface area contributed by atoms with Crippen LogP contribution in [-0.4, -0.2) is 37.0 Å². The molecule has 1 aliphatic heterocycles. The van der Waals surface area contributed by atoms with E-state index in [4.69, 9.17) is 0 Å². The predicted molar refractivity (Wildman–Crippen MR) is 115 cm³/mol. The molecule has 2 heterocycles. The van der Waals surface area contributed by atoms with Crippen molar-refractivity contribution >= 4 is 17.2 Å². The molecule has 144 valence electrons. The Morgan fingerprint density at radius 1 is 0.893 bits per heavy atom. The maximum absolute atomic E-state index is 12.6. The first-order valence-corrected chi connectivity index (χ1v) is 10.9. The lowest BCUT2D eigenvalue weighted by atomic mass is 9.96. The van der Waals surface area contributed by atoms with Gasteiger partial charge < -0.3 is 9.80 Å². The van der Waals surface area contributed by atoms with Gasteiger partial charge in [0.25, 0.3) is 0 Å². The van der Waals surface area contributed by atoms with Crippen molar-refractivity contribution in [2.45, 2.75) is 18.9 Å².